The second-order valence-corrected chi connectivity index (χ2v) is 7.48. The minimum absolute atomic E-state index is 0.0528. The van der Waals surface area contributed by atoms with Gasteiger partial charge in [0.1, 0.15) is 11.6 Å². The summed E-state index contributed by atoms with van der Waals surface area (Å²) in [6, 6.07) is 4.34. The Balaban J connectivity index is 1.82. The lowest BCUT2D eigenvalue weighted by Crippen LogP contribution is -2.36. The zero-order chi connectivity index (χ0) is 18.5. The van der Waals surface area contributed by atoms with Gasteiger partial charge in [-0.1, -0.05) is 43.4 Å². The highest BCUT2D eigenvalue weighted by Crippen LogP contribution is 2.27. The van der Waals surface area contributed by atoms with Gasteiger partial charge in [-0.3, -0.25) is 4.79 Å². The largest absolute Gasteiger partial charge is 0.337 e. The Morgan fingerprint density at radius 2 is 2.00 bits per heavy atom. The number of carbonyl (C=O) groups excluding carboxylic acids is 1. The van der Waals surface area contributed by atoms with E-state index < -0.39 is 0 Å². The van der Waals surface area contributed by atoms with E-state index in [2.05, 4.69) is 4.98 Å². The van der Waals surface area contributed by atoms with Crippen molar-refractivity contribution in [2.45, 2.75) is 51.6 Å². The molecule has 6 heteroatoms. The average molecular weight is 378 g/mol. The van der Waals surface area contributed by atoms with E-state index in [1.54, 1.807) is 12.3 Å². The van der Waals surface area contributed by atoms with Crippen molar-refractivity contribution < 1.29 is 9.18 Å². The number of benzene rings is 1. The van der Waals surface area contributed by atoms with E-state index in [9.17, 15) is 9.18 Å². The van der Waals surface area contributed by atoms with Gasteiger partial charge in [-0.15, -0.1) is 0 Å². The van der Waals surface area contributed by atoms with Gasteiger partial charge in [0, 0.05) is 36.9 Å². The Morgan fingerprint density at radius 3 is 2.62 bits per heavy atom. The lowest BCUT2D eigenvalue weighted by atomic mass is 9.98. The monoisotopic (exact) mass is 377 g/mol. The van der Waals surface area contributed by atoms with Crippen LogP contribution in [-0.4, -0.2) is 20.4 Å². The molecule has 0 saturated heterocycles. The SMILES string of the molecule is Cn1ccnc1CN(Cc1ccc(F)cc1Cl)C(=O)C1CCCCCC1. The second-order valence-electron chi connectivity index (χ2n) is 7.07. The first-order chi connectivity index (χ1) is 12.5. The molecule has 0 bridgehead atoms. The molecule has 0 aliphatic heterocycles. The molecule has 0 radical (unpaired) electrons. The first-order valence-electron chi connectivity index (χ1n) is 9.23. The molecule has 1 aromatic heterocycles. The molecule has 0 unspecified atom stereocenters. The minimum atomic E-state index is -0.371. The van der Waals surface area contributed by atoms with Crippen LogP contribution < -0.4 is 0 Å². The lowest BCUT2D eigenvalue weighted by Gasteiger charge is -2.27. The summed E-state index contributed by atoms with van der Waals surface area (Å²) in [5.74, 6) is 0.655. The van der Waals surface area contributed by atoms with Gasteiger partial charge in [0.05, 0.1) is 6.54 Å². The van der Waals surface area contributed by atoms with Crippen LogP contribution in [0.4, 0.5) is 4.39 Å². The fourth-order valence-corrected chi connectivity index (χ4v) is 3.80. The molecule has 0 atom stereocenters. The van der Waals surface area contributed by atoms with Crippen LogP contribution in [0.25, 0.3) is 0 Å². The van der Waals surface area contributed by atoms with E-state index >= 15 is 0 Å². The molecule has 1 fully saturated rings. The van der Waals surface area contributed by atoms with E-state index in [0.717, 1.165) is 37.1 Å². The van der Waals surface area contributed by atoms with E-state index in [1.807, 2.05) is 22.7 Å². The quantitative estimate of drug-likeness (QED) is 0.707. The van der Waals surface area contributed by atoms with Crippen LogP contribution in [0.5, 0.6) is 0 Å². The molecule has 0 N–H and O–H groups in total. The fraction of sp³-hybridized carbons (Fsp3) is 0.500. The third-order valence-electron chi connectivity index (χ3n) is 5.15. The zero-order valence-electron chi connectivity index (χ0n) is 15.1. The average Bonchev–Trinajstić information content (AvgIpc) is 2.86. The Hall–Kier alpha value is -1.88. The van der Waals surface area contributed by atoms with Gasteiger partial charge < -0.3 is 9.47 Å². The van der Waals surface area contributed by atoms with E-state index in [1.165, 1.54) is 25.0 Å². The highest BCUT2D eigenvalue weighted by Gasteiger charge is 2.26. The van der Waals surface area contributed by atoms with Gasteiger partial charge in [-0.05, 0) is 30.5 Å². The number of hydrogen-bond acceptors (Lipinski definition) is 2. The summed E-state index contributed by atoms with van der Waals surface area (Å²) in [5, 5.41) is 0.350. The smallest absolute Gasteiger partial charge is 0.226 e. The molecule has 4 nitrogen and oxygen atoms in total. The van der Waals surface area contributed by atoms with Crippen molar-refractivity contribution in [1.29, 1.82) is 0 Å². The number of rotatable bonds is 5. The van der Waals surface area contributed by atoms with Crippen LogP contribution in [0.3, 0.4) is 0 Å². The van der Waals surface area contributed by atoms with E-state index in [4.69, 9.17) is 11.6 Å². The van der Waals surface area contributed by atoms with Gasteiger partial charge in [-0.2, -0.15) is 0 Å². The molecular weight excluding hydrogens is 353 g/mol. The maximum absolute atomic E-state index is 13.4. The predicted octanol–water partition coefficient (Wildman–Crippen LogP) is 4.71. The topological polar surface area (TPSA) is 38.1 Å². The molecule has 2 aromatic rings. The van der Waals surface area contributed by atoms with Crippen LogP contribution >= 0.6 is 11.6 Å². The van der Waals surface area contributed by atoms with Crippen molar-refractivity contribution in [2.75, 3.05) is 0 Å². The van der Waals surface area contributed by atoms with E-state index in [0.29, 0.717) is 18.1 Å². The molecule has 1 aromatic carbocycles. The molecule has 0 spiro atoms. The Labute approximate surface area is 159 Å². The second kappa shape index (κ2) is 8.67. The van der Waals surface area contributed by atoms with Gasteiger partial charge in [0.25, 0.3) is 0 Å². The van der Waals surface area contributed by atoms with Crippen molar-refractivity contribution in [3.05, 3.63) is 52.8 Å². The number of nitrogens with zero attached hydrogens (tertiary/aromatic N) is 3. The van der Waals surface area contributed by atoms with Crippen molar-refractivity contribution in [2.24, 2.45) is 13.0 Å². The molecular formula is C20H25ClFN3O. The number of imidazole rings is 1. The fourth-order valence-electron chi connectivity index (χ4n) is 3.57. The van der Waals surface area contributed by atoms with Crippen LogP contribution in [-0.2, 0) is 24.9 Å². The number of amides is 1. The van der Waals surface area contributed by atoms with Gasteiger partial charge in [0.2, 0.25) is 5.91 Å². The van der Waals surface area contributed by atoms with Gasteiger partial charge in [-0.25, -0.2) is 9.37 Å². The Morgan fingerprint density at radius 1 is 1.27 bits per heavy atom. The van der Waals surface area contributed by atoms with Crippen LogP contribution in [0.2, 0.25) is 5.02 Å². The molecule has 1 amide bonds. The van der Waals surface area contributed by atoms with Crippen molar-refractivity contribution >= 4 is 17.5 Å². The summed E-state index contributed by atoms with van der Waals surface area (Å²) in [6.45, 7) is 0.786. The number of aromatic nitrogens is 2. The molecule has 26 heavy (non-hydrogen) atoms. The lowest BCUT2D eigenvalue weighted by molar-refractivity contribution is -0.137. The normalized spacial score (nSPS) is 15.7. The number of halogens is 2. The summed E-state index contributed by atoms with van der Waals surface area (Å²) in [7, 11) is 1.92. The van der Waals surface area contributed by atoms with Crippen LogP contribution in [0, 0.1) is 11.7 Å². The van der Waals surface area contributed by atoms with Crippen LogP contribution in [0.15, 0.2) is 30.6 Å². The van der Waals surface area contributed by atoms with Gasteiger partial charge >= 0.3 is 0 Å². The number of carbonyl (C=O) groups is 1. The molecule has 1 aliphatic carbocycles. The zero-order valence-corrected chi connectivity index (χ0v) is 15.9. The highest BCUT2D eigenvalue weighted by molar-refractivity contribution is 6.31. The summed E-state index contributed by atoms with van der Waals surface area (Å²) in [5.41, 5.74) is 0.754. The maximum Gasteiger partial charge on any atom is 0.226 e. The van der Waals surface area contributed by atoms with E-state index in [-0.39, 0.29) is 17.6 Å². The number of hydrogen-bond donors (Lipinski definition) is 0. The molecule has 1 saturated carbocycles. The maximum atomic E-state index is 13.4. The standard InChI is InChI=1S/C20H25ClFN3O/c1-24-11-10-23-19(24)14-25(13-16-8-9-17(22)12-18(16)21)20(26)15-6-4-2-3-5-7-15/h8-12,15H,2-7,13-14H2,1H3. The third-order valence-corrected chi connectivity index (χ3v) is 5.50. The van der Waals surface area contributed by atoms with Gasteiger partial charge in [0.15, 0.2) is 0 Å². The summed E-state index contributed by atoms with van der Waals surface area (Å²) < 4.78 is 15.3. The summed E-state index contributed by atoms with van der Waals surface area (Å²) >= 11 is 6.20. The Bertz CT molecular complexity index is 753. The third kappa shape index (κ3) is 4.64. The summed E-state index contributed by atoms with van der Waals surface area (Å²) in [6.07, 6.45) is 10.1. The highest BCUT2D eigenvalue weighted by atomic mass is 35.5. The summed E-state index contributed by atoms with van der Waals surface area (Å²) in [4.78, 5) is 19.4. The number of aryl methyl sites for hydroxylation is 1. The van der Waals surface area contributed by atoms with Crippen molar-refractivity contribution in [3.63, 3.8) is 0 Å². The Kier molecular flexibility index (Phi) is 6.30. The predicted molar refractivity (Wildman–Crippen MR) is 100 cm³/mol. The first-order valence-corrected chi connectivity index (χ1v) is 9.61. The minimum Gasteiger partial charge on any atom is -0.337 e. The van der Waals surface area contributed by atoms with Crippen molar-refractivity contribution in [3.8, 4) is 0 Å². The molecule has 1 heterocycles. The first kappa shape index (κ1) is 18.9. The molecule has 3 rings (SSSR count). The molecule has 1 aliphatic rings. The van der Waals surface area contributed by atoms with Crippen LogP contribution in [0.1, 0.15) is 49.9 Å². The van der Waals surface area contributed by atoms with Crippen molar-refractivity contribution in [1.82, 2.24) is 14.5 Å². The molecule has 140 valence electrons.